The highest BCUT2D eigenvalue weighted by Crippen LogP contribution is 2.16. The predicted molar refractivity (Wildman–Crippen MR) is 70.4 cm³/mol. The van der Waals surface area contributed by atoms with Gasteiger partial charge in [-0.3, -0.25) is 0 Å². The first kappa shape index (κ1) is 13.6. The van der Waals surface area contributed by atoms with Crippen LogP contribution in [0.2, 0.25) is 0 Å². The van der Waals surface area contributed by atoms with E-state index in [0.29, 0.717) is 6.04 Å². The van der Waals surface area contributed by atoms with Crippen LogP contribution in [0, 0.1) is 0 Å². The van der Waals surface area contributed by atoms with Gasteiger partial charge in [0.15, 0.2) is 0 Å². The molecule has 0 fully saturated rings. The van der Waals surface area contributed by atoms with E-state index < -0.39 is 0 Å². The van der Waals surface area contributed by atoms with Crippen molar-refractivity contribution in [3.05, 3.63) is 30.5 Å². The Balaban J connectivity index is 0.00000144. The van der Waals surface area contributed by atoms with E-state index in [-0.39, 0.29) is 12.4 Å². The van der Waals surface area contributed by atoms with Crippen molar-refractivity contribution in [3.8, 4) is 0 Å². The molecule has 0 bridgehead atoms. The minimum absolute atomic E-state index is 0. The summed E-state index contributed by atoms with van der Waals surface area (Å²) in [5.41, 5.74) is 1.07. The van der Waals surface area contributed by atoms with E-state index in [0.717, 1.165) is 24.5 Å². The summed E-state index contributed by atoms with van der Waals surface area (Å²) in [6, 6.07) is 2.40. The lowest BCUT2D eigenvalue weighted by Gasteiger charge is -2.14. The molecule has 0 aliphatic carbocycles. The lowest BCUT2D eigenvalue weighted by molar-refractivity contribution is 0.482. The molecule has 0 radical (unpaired) electrons. The van der Waals surface area contributed by atoms with Crippen molar-refractivity contribution < 1.29 is 0 Å². The Morgan fingerprint density at radius 2 is 2.35 bits per heavy atom. The van der Waals surface area contributed by atoms with Gasteiger partial charge in [-0.2, -0.15) is 5.10 Å². The zero-order valence-corrected chi connectivity index (χ0v) is 10.9. The largest absolute Gasteiger partial charge is 0.365 e. The molecule has 0 saturated heterocycles. The third-order valence-electron chi connectivity index (χ3n) is 2.69. The Hall–Kier alpha value is -1.49. The normalized spacial score (nSPS) is 11.9. The number of nitrogens with one attached hydrogen (secondary N) is 2. The standard InChI is InChI=1S/C11H17N5.ClH/c1-3-9(2)16-11(4-5-15-16)13-7-10-6-12-8-14-10;/h4-6,8-9,13H,3,7H2,1-2H3,(H,12,14);1H. The maximum atomic E-state index is 4.32. The van der Waals surface area contributed by atoms with Crippen molar-refractivity contribution in [1.29, 1.82) is 0 Å². The smallest absolute Gasteiger partial charge is 0.124 e. The average Bonchev–Trinajstić information content (AvgIpc) is 2.96. The van der Waals surface area contributed by atoms with Crippen LogP contribution in [0.5, 0.6) is 0 Å². The Bertz CT molecular complexity index is 423. The summed E-state index contributed by atoms with van der Waals surface area (Å²) in [7, 11) is 0. The highest BCUT2D eigenvalue weighted by Gasteiger charge is 2.07. The number of hydrogen-bond donors (Lipinski definition) is 2. The molecule has 17 heavy (non-hydrogen) atoms. The van der Waals surface area contributed by atoms with E-state index in [1.54, 1.807) is 6.33 Å². The van der Waals surface area contributed by atoms with Gasteiger partial charge in [0.1, 0.15) is 5.82 Å². The van der Waals surface area contributed by atoms with Crippen LogP contribution in [0.1, 0.15) is 32.0 Å². The number of halogens is 1. The van der Waals surface area contributed by atoms with E-state index in [1.165, 1.54) is 0 Å². The fourth-order valence-corrected chi connectivity index (χ4v) is 1.55. The number of hydrogen-bond acceptors (Lipinski definition) is 3. The average molecular weight is 256 g/mol. The Labute approximate surface area is 107 Å². The van der Waals surface area contributed by atoms with Gasteiger partial charge in [-0.1, -0.05) is 6.92 Å². The highest BCUT2D eigenvalue weighted by atomic mass is 35.5. The molecule has 6 heteroatoms. The first-order valence-corrected chi connectivity index (χ1v) is 5.56. The van der Waals surface area contributed by atoms with Gasteiger partial charge in [0, 0.05) is 12.3 Å². The number of nitrogens with zero attached hydrogens (tertiary/aromatic N) is 3. The van der Waals surface area contributed by atoms with E-state index in [2.05, 4.69) is 34.2 Å². The summed E-state index contributed by atoms with van der Waals surface area (Å²) < 4.78 is 2.01. The van der Waals surface area contributed by atoms with E-state index in [4.69, 9.17) is 0 Å². The maximum absolute atomic E-state index is 4.32. The van der Waals surface area contributed by atoms with Crippen LogP contribution in [-0.2, 0) is 6.54 Å². The molecule has 5 nitrogen and oxygen atoms in total. The Kier molecular flexibility index (Phi) is 5.03. The SMILES string of the molecule is CCC(C)n1nccc1NCc1cnc[nH]1.Cl. The van der Waals surface area contributed by atoms with Crippen LogP contribution in [0.4, 0.5) is 5.82 Å². The molecule has 2 rings (SSSR count). The molecule has 1 unspecified atom stereocenters. The molecule has 0 aliphatic heterocycles. The third kappa shape index (κ3) is 3.23. The van der Waals surface area contributed by atoms with Gasteiger partial charge >= 0.3 is 0 Å². The van der Waals surface area contributed by atoms with E-state index >= 15 is 0 Å². The summed E-state index contributed by atoms with van der Waals surface area (Å²) >= 11 is 0. The van der Waals surface area contributed by atoms with Crippen LogP contribution in [0.15, 0.2) is 24.8 Å². The number of rotatable bonds is 5. The summed E-state index contributed by atoms with van der Waals surface area (Å²) in [5, 5.41) is 7.66. The lowest BCUT2D eigenvalue weighted by Crippen LogP contribution is -2.11. The molecule has 2 N–H and O–H groups in total. The van der Waals surface area contributed by atoms with Gasteiger partial charge in [-0.25, -0.2) is 9.67 Å². The van der Waals surface area contributed by atoms with Gasteiger partial charge in [0.25, 0.3) is 0 Å². The van der Waals surface area contributed by atoms with Crippen molar-refractivity contribution >= 4 is 18.2 Å². The van der Waals surface area contributed by atoms with Crippen LogP contribution in [0.3, 0.4) is 0 Å². The van der Waals surface area contributed by atoms with Gasteiger partial charge < -0.3 is 10.3 Å². The maximum Gasteiger partial charge on any atom is 0.124 e. The molecule has 1 atom stereocenters. The molecule has 0 aromatic carbocycles. The minimum atomic E-state index is 0. The summed E-state index contributed by atoms with van der Waals surface area (Å²) in [6.07, 6.45) is 6.39. The molecular weight excluding hydrogens is 238 g/mol. The second kappa shape index (κ2) is 6.30. The first-order chi connectivity index (χ1) is 7.81. The fourth-order valence-electron chi connectivity index (χ4n) is 1.55. The van der Waals surface area contributed by atoms with Crippen LogP contribution < -0.4 is 5.32 Å². The van der Waals surface area contributed by atoms with Crippen LogP contribution in [-0.4, -0.2) is 19.7 Å². The molecule has 0 spiro atoms. The zero-order valence-electron chi connectivity index (χ0n) is 10.1. The fraction of sp³-hybridized carbons (Fsp3) is 0.455. The lowest BCUT2D eigenvalue weighted by atomic mass is 10.3. The van der Waals surface area contributed by atoms with Crippen LogP contribution in [0.25, 0.3) is 0 Å². The molecule has 0 saturated carbocycles. The van der Waals surface area contributed by atoms with E-state index in [9.17, 15) is 0 Å². The van der Waals surface area contributed by atoms with Gasteiger partial charge in [0.2, 0.25) is 0 Å². The van der Waals surface area contributed by atoms with Crippen molar-refractivity contribution in [2.24, 2.45) is 0 Å². The molecule has 2 aromatic heterocycles. The van der Waals surface area contributed by atoms with Crippen molar-refractivity contribution in [1.82, 2.24) is 19.7 Å². The minimum Gasteiger partial charge on any atom is -0.365 e. The van der Waals surface area contributed by atoms with Crippen molar-refractivity contribution in [2.45, 2.75) is 32.9 Å². The zero-order chi connectivity index (χ0) is 11.4. The molecule has 0 amide bonds. The molecule has 2 aromatic rings. The number of anilines is 1. The summed E-state index contributed by atoms with van der Waals surface area (Å²) in [4.78, 5) is 7.04. The number of aromatic amines is 1. The van der Waals surface area contributed by atoms with E-state index in [1.807, 2.05) is 23.1 Å². The second-order valence-corrected chi connectivity index (χ2v) is 3.85. The second-order valence-electron chi connectivity index (χ2n) is 3.85. The Morgan fingerprint density at radius 1 is 1.53 bits per heavy atom. The third-order valence-corrected chi connectivity index (χ3v) is 2.69. The molecular formula is C11H18ClN5. The quantitative estimate of drug-likeness (QED) is 0.864. The van der Waals surface area contributed by atoms with Gasteiger partial charge in [0.05, 0.1) is 30.8 Å². The van der Waals surface area contributed by atoms with Gasteiger partial charge in [-0.15, -0.1) is 12.4 Å². The Morgan fingerprint density at radius 3 is 3.00 bits per heavy atom. The summed E-state index contributed by atoms with van der Waals surface area (Å²) in [6.45, 7) is 5.06. The topological polar surface area (TPSA) is 58.5 Å². The first-order valence-electron chi connectivity index (χ1n) is 5.56. The van der Waals surface area contributed by atoms with Crippen molar-refractivity contribution in [3.63, 3.8) is 0 Å². The number of imidazole rings is 1. The molecule has 0 aliphatic rings. The molecule has 94 valence electrons. The molecule has 2 heterocycles. The number of aromatic nitrogens is 4. The van der Waals surface area contributed by atoms with Gasteiger partial charge in [-0.05, 0) is 13.3 Å². The number of H-pyrrole nitrogens is 1. The summed E-state index contributed by atoms with van der Waals surface area (Å²) in [5.74, 6) is 1.05. The van der Waals surface area contributed by atoms with Crippen molar-refractivity contribution in [2.75, 3.05) is 5.32 Å². The predicted octanol–water partition coefficient (Wildman–Crippen LogP) is 2.61. The van der Waals surface area contributed by atoms with Crippen LogP contribution >= 0.6 is 12.4 Å². The monoisotopic (exact) mass is 255 g/mol. The highest BCUT2D eigenvalue weighted by molar-refractivity contribution is 5.85.